The Morgan fingerprint density at radius 3 is 2.71 bits per heavy atom. The molecular formula is C22H24ClN3O2. The van der Waals surface area contributed by atoms with Gasteiger partial charge in [0.2, 0.25) is 5.91 Å². The first-order valence-corrected chi connectivity index (χ1v) is 10.1. The number of rotatable bonds is 5. The summed E-state index contributed by atoms with van der Waals surface area (Å²) in [6.07, 6.45) is 2.29. The van der Waals surface area contributed by atoms with E-state index in [0.29, 0.717) is 29.2 Å². The summed E-state index contributed by atoms with van der Waals surface area (Å²) in [6, 6.07) is 15.7. The molecule has 0 bridgehead atoms. The van der Waals surface area contributed by atoms with Crippen LogP contribution >= 0.6 is 11.6 Å². The number of carbonyl (C=O) groups is 2. The zero-order valence-electron chi connectivity index (χ0n) is 15.7. The third-order valence-electron chi connectivity index (χ3n) is 5.43. The van der Waals surface area contributed by atoms with Crippen molar-refractivity contribution in [3.8, 4) is 0 Å². The molecule has 2 saturated heterocycles. The lowest BCUT2D eigenvalue weighted by Crippen LogP contribution is -2.37. The van der Waals surface area contributed by atoms with Crippen molar-refractivity contribution in [1.29, 1.82) is 0 Å². The van der Waals surface area contributed by atoms with Crippen molar-refractivity contribution in [3.63, 3.8) is 0 Å². The molecule has 5 nitrogen and oxygen atoms in total. The molecule has 6 heteroatoms. The van der Waals surface area contributed by atoms with E-state index in [2.05, 4.69) is 22.3 Å². The molecule has 2 heterocycles. The Hall–Kier alpha value is -2.37. The van der Waals surface area contributed by atoms with E-state index in [4.69, 9.17) is 11.6 Å². The maximum Gasteiger partial charge on any atom is 0.251 e. The van der Waals surface area contributed by atoms with Crippen molar-refractivity contribution in [2.45, 2.75) is 31.8 Å². The third-order valence-corrected chi connectivity index (χ3v) is 5.75. The summed E-state index contributed by atoms with van der Waals surface area (Å²) in [5.74, 6) is -0.0528. The van der Waals surface area contributed by atoms with Crippen LogP contribution in [0, 0.1) is 0 Å². The summed E-state index contributed by atoms with van der Waals surface area (Å²) < 4.78 is 0. The molecule has 2 amide bonds. The van der Waals surface area contributed by atoms with E-state index >= 15 is 0 Å². The highest BCUT2D eigenvalue weighted by atomic mass is 35.5. The van der Waals surface area contributed by atoms with Crippen molar-refractivity contribution in [1.82, 2.24) is 10.2 Å². The summed E-state index contributed by atoms with van der Waals surface area (Å²) in [6.45, 7) is 3.36. The molecule has 28 heavy (non-hydrogen) atoms. The predicted molar refractivity (Wildman–Crippen MR) is 111 cm³/mol. The van der Waals surface area contributed by atoms with Crippen LogP contribution in [-0.4, -0.2) is 42.4 Å². The summed E-state index contributed by atoms with van der Waals surface area (Å²) in [5.41, 5.74) is 2.46. The zero-order valence-corrected chi connectivity index (χ0v) is 16.5. The molecule has 0 spiro atoms. The number of hydrogen-bond donors (Lipinski definition) is 1. The van der Waals surface area contributed by atoms with Crippen LogP contribution in [-0.2, 0) is 11.3 Å². The number of benzene rings is 2. The first kappa shape index (κ1) is 19.0. The molecule has 0 aromatic heterocycles. The number of likely N-dealkylation sites (tertiary alicyclic amines) is 1. The molecule has 0 aliphatic carbocycles. The smallest absolute Gasteiger partial charge is 0.251 e. The fraction of sp³-hybridized carbons (Fsp3) is 0.364. The Morgan fingerprint density at radius 2 is 1.96 bits per heavy atom. The molecule has 2 aromatic carbocycles. The number of anilines is 1. The lowest BCUT2D eigenvalue weighted by atomic mass is 10.1. The van der Waals surface area contributed by atoms with Gasteiger partial charge in [0.05, 0.1) is 10.7 Å². The van der Waals surface area contributed by atoms with Crippen LogP contribution in [0.3, 0.4) is 0 Å². The number of carbonyl (C=O) groups excluding carboxylic acids is 2. The van der Waals surface area contributed by atoms with E-state index in [1.807, 2.05) is 18.2 Å². The van der Waals surface area contributed by atoms with E-state index in [1.165, 1.54) is 5.56 Å². The monoisotopic (exact) mass is 397 g/mol. The predicted octanol–water partition coefficient (Wildman–Crippen LogP) is 3.47. The van der Waals surface area contributed by atoms with E-state index in [1.54, 1.807) is 23.1 Å². The van der Waals surface area contributed by atoms with Crippen LogP contribution in [0.15, 0.2) is 48.5 Å². The number of amides is 2. The fourth-order valence-electron chi connectivity index (χ4n) is 3.97. The number of hydrogen-bond acceptors (Lipinski definition) is 3. The minimum atomic E-state index is -0.115. The van der Waals surface area contributed by atoms with Gasteiger partial charge in [-0.3, -0.25) is 14.5 Å². The fourth-order valence-corrected chi connectivity index (χ4v) is 4.19. The molecule has 1 N–H and O–H groups in total. The van der Waals surface area contributed by atoms with E-state index in [-0.39, 0.29) is 17.9 Å². The van der Waals surface area contributed by atoms with Crippen LogP contribution in [0.25, 0.3) is 0 Å². The van der Waals surface area contributed by atoms with Crippen LogP contribution in [0.2, 0.25) is 5.02 Å². The van der Waals surface area contributed by atoms with Crippen molar-refractivity contribution in [3.05, 3.63) is 64.7 Å². The molecule has 2 aliphatic rings. The van der Waals surface area contributed by atoms with Crippen LogP contribution in [0.1, 0.15) is 35.2 Å². The zero-order chi connectivity index (χ0) is 19.5. The molecule has 0 unspecified atom stereocenters. The number of nitrogens with zero attached hydrogens (tertiary/aromatic N) is 2. The molecule has 0 radical (unpaired) electrons. The second-order valence-electron chi connectivity index (χ2n) is 7.49. The quantitative estimate of drug-likeness (QED) is 0.840. The standard InChI is InChI=1S/C22H24ClN3O2/c23-19-9-8-17(13-20(19)26-11-4-7-21(26)27)22(28)24-18-10-12-25(15-18)14-16-5-2-1-3-6-16/h1-3,5-6,8-9,13,18H,4,7,10-12,14-15H2,(H,24,28)/t18-/m0/s1. The molecular weight excluding hydrogens is 374 g/mol. The summed E-state index contributed by atoms with van der Waals surface area (Å²) in [7, 11) is 0. The Balaban J connectivity index is 1.38. The molecule has 146 valence electrons. The van der Waals surface area contributed by atoms with E-state index in [9.17, 15) is 9.59 Å². The van der Waals surface area contributed by atoms with Crippen LogP contribution < -0.4 is 10.2 Å². The van der Waals surface area contributed by atoms with Gasteiger partial charge in [0.15, 0.2) is 0 Å². The minimum absolute atomic E-state index is 0.0619. The molecule has 1 atom stereocenters. The maximum atomic E-state index is 12.7. The normalized spacial score (nSPS) is 20.0. The minimum Gasteiger partial charge on any atom is -0.348 e. The van der Waals surface area contributed by atoms with Crippen LogP contribution in [0.4, 0.5) is 5.69 Å². The molecule has 2 fully saturated rings. The Morgan fingerprint density at radius 1 is 1.14 bits per heavy atom. The Bertz CT molecular complexity index is 871. The van der Waals surface area contributed by atoms with Crippen molar-refractivity contribution < 1.29 is 9.59 Å². The summed E-state index contributed by atoms with van der Waals surface area (Å²) >= 11 is 6.28. The van der Waals surface area contributed by atoms with Gasteiger partial charge >= 0.3 is 0 Å². The highest BCUT2D eigenvalue weighted by molar-refractivity contribution is 6.34. The molecule has 2 aromatic rings. The first-order chi connectivity index (χ1) is 13.6. The number of halogens is 1. The average molecular weight is 398 g/mol. The van der Waals surface area contributed by atoms with Gasteiger partial charge < -0.3 is 10.2 Å². The SMILES string of the molecule is O=C(N[C@H]1CCN(Cc2ccccc2)C1)c1ccc(Cl)c(N2CCCC2=O)c1. The lowest BCUT2D eigenvalue weighted by molar-refractivity contribution is -0.117. The second kappa shape index (κ2) is 8.33. The molecule has 4 rings (SSSR count). The summed E-state index contributed by atoms with van der Waals surface area (Å²) in [5, 5.41) is 3.63. The van der Waals surface area contributed by atoms with Crippen molar-refractivity contribution in [2.75, 3.05) is 24.5 Å². The highest BCUT2D eigenvalue weighted by Gasteiger charge is 2.26. The molecule has 2 aliphatic heterocycles. The van der Waals surface area contributed by atoms with E-state index in [0.717, 1.165) is 32.5 Å². The third kappa shape index (κ3) is 4.21. The van der Waals surface area contributed by atoms with Gasteiger partial charge in [0, 0.05) is 44.2 Å². The topological polar surface area (TPSA) is 52.7 Å². The number of nitrogens with one attached hydrogen (secondary N) is 1. The first-order valence-electron chi connectivity index (χ1n) is 9.77. The Kier molecular flexibility index (Phi) is 5.64. The van der Waals surface area contributed by atoms with Gasteiger partial charge in [-0.15, -0.1) is 0 Å². The van der Waals surface area contributed by atoms with Crippen LogP contribution in [0.5, 0.6) is 0 Å². The van der Waals surface area contributed by atoms with Crippen molar-refractivity contribution in [2.24, 2.45) is 0 Å². The van der Waals surface area contributed by atoms with E-state index < -0.39 is 0 Å². The van der Waals surface area contributed by atoms with Gasteiger partial charge in [-0.2, -0.15) is 0 Å². The lowest BCUT2D eigenvalue weighted by Gasteiger charge is -2.19. The van der Waals surface area contributed by atoms with Gasteiger partial charge in [0.25, 0.3) is 5.91 Å². The Labute approximate surface area is 170 Å². The van der Waals surface area contributed by atoms with Crippen molar-refractivity contribution >= 4 is 29.1 Å². The van der Waals surface area contributed by atoms with Gasteiger partial charge in [-0.1, -0.05) is 41.9 Å². The highest BCUT2D eigenvalue weighted by Crippen LogP contribution is 2.30. The second-order valence-corrected chi connectivity index (χ2v) is 7.90. The average Bonchev–Trinajstić information content (AvgIpc) is 3.32. The molecule has 0 saturated carbocycles. The maximum absolute atomic E-state index is 12.7. The summed E-state index contributed by atoms with van der Waals surface area (Å²) in [4.78, 5) is 28.8. The van der Waals surface area contributed by atoms with Gasteiger partial charge in [-0.05, 0) is 36.6 Å². The largest absolute Gasteiger partial charge is 0.348 e. The van der Waals surface area contributed by atoms with Gasteiger partial charge in [0.1, 0.15) is 0 Å². The van der Waals surface area contributed by atoms with Gasteiger partial charge in [-0.25, -0.2) is 0 Å².